The number of aryl methyl sites for hydroxylation is 1. The van der Waals surface area contributed by atoms with E-state index < -0.39 is 6.10 Å². The zero-order valence-electron chi connectivity index (χ0n) is 14.6. The smallest absolute Gasteiger partial charge is 0.191 e. The highest BCUT2D eigenvalue weighted by molar-refractivity contribution is 14.0. The maximum Gasteiger partial charge on any atom is 0.191 e. The maximum atomic E-state index is 10.2. The van der Waals surface area contributed by atoms with Crippen molar-refractivity contribution >= 4 is 41.3 Å². The molecule has 0 radical (unpaired) electrons. The topological polar surface area (TPSA) is 82.4 Å². The van der Waals surface area contributed by atoms with E-state index in [1.807, 2.05) is 13.1 Å². The molecule has 0 aliphatic rings. The summed E-state index contributed by atoms with van der Waals surface area (Å²) in [6.07, 6.45) is 6.55. The molecule has 6 nitrogen and oxygen atoms in total. The summed E-state index contributed by atoms with van der Waals surface area (Å²) < 4.78 is 0. The SMILES string of the molecule is CCNC(=NCC(O)c1ccncc1)NCCc1ncc(CC)s1.I. The van der Waals surface area contributed by atoms with Crippen LogP contribution in [0.25, 0.3) is 0 Å². The summed E-state index contributed by atoms with van der Waals surface area (Å²) in [6, 6.07) is 3.60. The summed E-state index contributed by atoms with van der Waals surface area (Å²) >= 11 is 1.76. The molecule has 0 spiro atoms. The van der Waals surface area contributed by atoms with Crippen LogP contribution in [0, 0.1) is 0 Å². The average Bonchev–Trinajstić information content (AvgIpc) is 3.08. The number of aliphatic hydroxyl groups excluding tert-OH is 1. The number of rotatable bonds is 8. The Balaban J connectivity index is 0.00000312. The van der Waals surface area contributed by atoms with E-state index in [0.29, 0.717) is 12.5 Å². The molecule has 2 rings (SSSR count). The van der Waals surface area contributed by atoms with Gasteiger partial charge in [0.05, 0.1) is 17.7 Å². The van der Waals surface area contributed by atoms with Crippen molar-refractivity contribution in [2.24, 2.45) is 4.99 Å². The number of thiazole rings is 1. The number of hydrogen-bond donors (Lipinski definition) is 3. The van der Waals surface area contributed by atoms with Gasteiger partial charge in [-0.3, -0.25) is 9.98 Å². The third kappa shape index (κ3) is 7.66. The van der Waals surface area contributed by atoms with Gasteiger partial charge in [0.15, 0.2) is 5.96 Å². The van der Waals surface area contributed by atoms with Crippen LogP contribution in [0.5, 0.6) is 0 Å². The molecule has 138 valence electrons. The summed E-state index contributed by atoms with van der Waals surface area (Å²) in [4.78, 5) is 14.1. The first-order chi connectivity index (χ1) is 11.7. The average molecular weight is 475 g/mol. The number of aliphatic hydroxyl groups is 1. The Hall–Kier alpha value is -1.26. The minimum Gasteiger partial charge on any atom is -0.386 e. The lowest BCUT2D eigenvalue weighted by Gasteiger charge is -2.13. The van der Waals surface area contributed by atoms with Crippen LogP contribution in [0.1, 0.15) is 35.4 Å². The summed E-state index contributed by atoms with van der Waals surface area (Å²) in [5.41, 5.74) is 0.819. The zero-order chi connectivity index (χ0) is 17.2. The maximum absolute atomic E-state index is 10.2. The van der Waals surface area contributed by atoms with E-state index in [-0.39, 0.29) is 24.0 Å². The first-order valence-corrected chi connectivity index (χ1v) is 9.08. The molecule has 0 bridgehead atoms. The van der Waals surface area contributed by atoms with E-state index in [0.717, 1.165) is 36.5 Å². The van der Waals surface area contributed by atoms with E-state index in [9.17, 15) is 5.11 Å². The fraction of sp³-hybridized carbons (Fsp3) is 0.471. The van der Waals surface area contributed by atoms with Crippen molar-refractivity contribution < 1.29 is 5.11 Å². The predicted octanol–water partition coefficient (Wildman–Crippen LogP) is 2.55. The van der Waals surface area contributed by atoms with Crippen LogP contribution in [-0.2, 0) is 12.8 Å². The molecule has 0 aliphatic heterocycles. The van der Waals surface area contributed by atoms with E-state index >= 15 is 0 Å². The Labute approximate surface area is 170 Å². The molecule has 3 N–H and O–H groups in total. The molecule has 1 atom stereocenters. The molecular formula is C17H26IN5OS. The standard InChI is InChI=1S/C17H25N5OS.HI/c1-3-14-11-21-16(24-14)7-10-20-17(19-4-2)22-12-15(23)13-5-8-18-9-6-13;/h5-6,8-9,11,15,23H,3-4,7,10,12H2,1-2H3,(H2,19,20,22);1H. The number of hydrogen-bond acceptors (Lipinski definition) is 5. The van der Waals surface area contributed by atoms with Crippen molar-refractivity contribution in [2.45, 2.75) is 32.8 Å². The summed E-state index contributed by atoms with van der Waals surface area (Å²) in [7, 11) is 0. The Morgan fingerprint density at radius 2 is 2.04 bits per heavy atom. The second kappa shape index (κ2) is 12.2. The van der Waals surface area contributed by atoms with Gasteiger partial charge in [-0.2, -0.15) is 0 Å². The Morgan fingerprint density at radius 1 is 1.28 bits per heavy atom. The fourth-order valence-electron chi connectivity index (χ4n) is 2.13. The van der Waals surface area contributed by atoms with Crippen molar-refractivity contribution in [3.8, 4) is 0 Å². The lowest BCUT2D eigenvalue weighted by Crippen LogP contribution is -2.38. The van der Waals surface area contributed by atoms with Gasteiger partial charge in [0.1, 0.15) is 0 Å². The molecule has 2 heterocycles. The van der Waals surface area contributed by atoms with Crippen LogP contribution in [0.4, 0.5) is 0 Å². The van der Waals surface area contributed by atoms with E-state index in [1.165, 1.54) is 4.88 Å². The van der Waals surface area contributed by atoms with Gasteiger partial charge >= 0.3 is 0 Å². The van der Waals surface area contributed by atoms with Crippen molar-refractivity contribution in [2.75, 3.05) is 19.6 Å². The highest BCUT2D eigenvalue weighted by Gasteiger charge is 2.07. The number of nitrogens with zero attached hydrogens (tertiary/aromatic N) is 3. The summed E-state index contributed by atoms with van der Waals surface area (Å²) in [5.74, 6) is 0.706. The molecular weight excluding hydrogens is 449 g/mol. The predicted molar refractivity (Wildman–Crippen MR) is 114 cm³/mol. The molecule has 1 unspecified atom stereocenters. The third-order valence-corrected chi connectivity index (χ3v) is 4.64. The lowest BCUT2D eigenvalue weighted by atomic mass is 10.1. The highest BCUT2D eigenvalue weighted by Crippen LogP contribution is 2.13. The number of aromatic nitrogens is 2. The molecule has 25 heavy (non-hydrogen) atoms. The third-order valence-electron chi connectivity index (χ3n) is 3.44. The Bertz CT molecular complexity index is 635. The zero-order valence-corrected chi connectivity index (χ0v) is 17.8. The van der Waals surface area contributed by atoms with Crippen molar-refractivity contribution in [1.29, 1.82) is 0 Å². The van der Waals surface area contributed by atoms with Gasteiger partial charge in [-0.05, 0) is 31.0 Å². The summed E-state index contributed by atoms with van der Waals surface area (Å²) in [6.45, 7) is 5.99. The number of nitrogens with one attached hydrogen (secondary N) is 2. The molecule has 2 aromatic rings. The number of halogens is 1. The molecule has 8 heteroatoms. The number of pyridine rings is 1. The largest absolute Gasteiger partial charge is 0.386 e. The van der Waals surface area contributed by atoms with Gasteiger partial charge in [-0.25, -0.2) is 4.98 Å². The fourth-order valence-corrected chi connectivity index (χ4v) is 2.99. The van der Waals surface area contributed by atoms with Gasteiger partial charge in [-0.1, -0.05) is 6.92 Å². The van der Waals surface area contributed by atoms with Gasteiger partial charge in [0.2, 0.25) is 0 Å². The van der Waals surface area contributed by atoms with Gasteiger partial charge < -0.3 is 15.7 Å². The first kappa shape index (κ1) is 21.8. The van der Waals surface area contributed by atoms with Crippen LogP contribution in [0.3, 0.4) is 0 Å². The first-order valence-electron chi connectivity index (χ1n) is 8.26. The minimum atomic E-state index is -0.630. The van der Waals surface area contributed by atoms with Crippen LogP contribution in [-0.4, -0.2) is 40.7 Å². The molecule has 0 amide bonds. The molecule has 0 saturated heterocycles. The van der Waals surface area contributed by atoms with Gasteiger partial charge in [-0.15, -0.1) is 35.3 Å². The van der Waals surface area contributed by atoms with Crippen molar-refractivity contribution in [3.05, 3.63) is 46.2 Å². The van der Waals surface area contributed by atoms with Crippen LogP contribution in [0.15, 0.2) is 35.7 Å². The van der Waals surface area contributed by atoms with Crippen LogP contribution in [0.2, 0.25) is 0 Å². The van der Waals surface area contributed by atoms with Crippen LogP contribution >= 0.6 is 35.3 Å². The normalized spacial score (nSPS) is 12.4. The molecule has 0 aliphatic carbocycles. The lowest BCUT2D eigenvalue weighted by molar-refractivity contribution is 0.187. The molecule has 2 aromatic heterocycles. The molecule has 0 fully saturated rings. The molecule has 0 saturated carbocycles. The molecule has 0 aromatic carbocycles. The van der Waals surface area contributed by atoms with E-state index in [1.54, 1.807) is 35.9 Å². The van der Waals surface area contributed by atoms with Crippen molar-refractivity contribution in [3.63, 3.8) is 0 Å². The number of aliphatic imine (C=N–C) groups is 1. The van der Waals surface area contributed by atoms with E-state index in [2.05, 4.69) is 32.5 Å². The highest BCUT2D eigenvalue weighted by atomic mass is 127. The van der Waals surface area contributed by atoms with E-state index in [4.69, 9.17) is 0 Å². The second-order valence-electron chi connectivity index (χ2n) is 5.27. The Morgan fingerprint density at radius 3 is 2.68 bits per heavy atom. The monoisotopic (exact) mass is 475 g/mol. The Kier molecular flexibility index (Phi) is 10.6. The summed E-state index contributed by atoms with van der Waals surface area (Å²) in [5, 5.41) is 17.8. The van der Waals surface area contributed by atoms with Crippen molar-refractivity contribution in [1.82, 2.24) is 20.6 Å². The second-order valence-corrected chi connectivity index (χ2v) is 6.47. The van der Waals surface area contributed by atoms with Crippen LogP contribution < -0.4 is 10.6 Å². The minimum absolute atomic E-state index is 0. The quantitative estimate of drug-likeness (QED) is 0.311. The number of guanidine groups is 1. The van der Waals surface area contributed by atoms with Gasteiger partial charge in [0.25, 0.3) is 0 Å². The van der Waals surface area contributed by atoms with Gasteiger partial charge in [0, 0.05) is 43.0 Å².